The molecule has 1 N–H and O–H groups in total. The molecule has 1 rings (SSSR count). The Labute approximate surface area is 92.1 Å². The number of halogens is 2. The summed E-state index contributed by atoms with van der Waals surface area (Å²) >= 11 is 3.14. The number of benzene rings is 1. The summed E-state index contributed by atoms with van der Waals surface area (Å²) in [4.78, 5) is 0. The van der Waals surface area contributed by atoms with Crippen LogP contribution in [0.15, 0.2) is 28.7 Å². The fourth-order valence-electron chi connectivity index (χ4n) is 1.04. The monoisotopic (exact) mass is 257 g/mol. The molecule has 0 aliphatic rings. The molecule has 0 heterocycles. The minimum absolute atomic E-state index is 0.228. The maximum Gasteiger partial charge on any atom is 0.137 e. The minimum atomic E-state index is -0.228. The lowest BCUT2D eigenvalue weighted by Gasteiger charge is -1.97. The summed E-state index contributed by atoms with van der Waals surface area (Å²) in [5.41, 5.74) is 0.996. The Morgan fingerprint density at radius 3 is 2.93 bits per heavy atom. The van der Waals surface area contributed by atoms with Crippen LogP contribution in [0.4, 0.5) is 4.39 Å². The van der Waals surface area contributed by atoms with Gasteiger partial charge in [-0.15, -0.1) is 0 Å². The van der Waals surface area contributed by atoms with E-state index in [1.807, 2.05) is 12.2 Å². The van der Waals surface area contributed by atoms with Gasteiger partial charge in [0.1, 0.15) is 5.82 Å². The maximum atomic E-state index is 12.9. The summed E-state index contributed by atoms with van der Waals surface area (Å²) in [5, 5.41) is 3.17. The molecular weight excluding hydrogens is 245 g/mol. The van der Waals surface area contributed by atoms with Crippen molar-refractivity contribution in [1.82, 2.24) is 5.32 Å². The van der Waals surface area contributed by atoms with Crippen LogP contribution in [0.5, 0.6) is 0 Å². The van der Waals surface area contributed by atoms with E-state index in [-0.39, 0.29) is 5.82 Å². The molecule has 0 spiro atoms. The van der Waals surface area contributed by atoms with E-state index in [0.29, 0.717) is 4.47 Å². The minimum Gasteiger partial charge on any atom is -0.314 e. The lowest BCUT2D eigenvalue weighted by Crippen LogP contribution is -2.11. The van der Waals surface area contributed by atoms with Gasteiger partial charge in [-0.2, -0.15) is 0 Å². The lowest BCUT2D eigenvalue weighted by molar-refractivity contribution is 0.621. The number of likely N-dealkylation sites (N-methyl/N-ethyl adjacent to an activating group) is 1. The van der Waals surface area contributed by atoms with Crippen molar-refractivity contribution in [3.8, 4) is 0 Å². The van der Waals surface area contributed by atoms with Gasteiger partial charge in [0, 0.05) is 6.54 Å². The molecule has 0 saturated heterocycles. The molecule has 0 aromatic heterocycles. The van der Waals surface area contributed by atoms with E-state index in [1.165, 1.54) is 6.07 Å². The molecule has 0 fully saturated rings. The third kappa shape index (κ3) is 3.60. The molecule has 0 aliphatic carbocycles. The highest BCUT2D eigenvalue weighted by molar-refractivity contribution is 9.10. The third-order valence-corrected chi connectivity index (χ3v) is 2.37. The fraction of sp³-hybridized carbons (Fsp3) is 0.273. The average molecular weight is 258 g/mol. The number of rotatable bonds is 4. The van der Waals surface area contributed by atoms with Gasteiger partial charge in [-0.3, -0.25) is 0 Å². The molecule has 1 nitrogen and oxygen atoms in total. The van der Waals surface area contributed by atoms with E-state index >= 15 is 0 Å². The molecule has 3 heteroatoms. The van der Waals surface area contributed by atoms with E-state index < -0.39 is 0 Å². The number of hydrogen-bond donors (Lipinski definition) is 1. The van der Waals surface area contributed by atoms with E-state index in [1.54, 1.807) is 12.1 Å². The number of hydrogen-bond acceptors (Lipinski definition) is 1. The van der Waals surface area contributed by atoms with E-state index in [0.717, 1.165) is 18.7 Å². The Hall–Kier alpha value is -0.670. The summed E-state index contributed by atoms with van der Waals surface area (Å²) in [6.07, 6.45) is 3.98. The molecule has 14 heavy (non-hydrogen) atoms. The highest BCUT2D eigenvalue weighted by atomic mass is 79.9. The van der Waals surface area contributed by atoms with Crippen molar-refractivity contribution >= 4 is 22.0 Å². The van der Waals surface area contributed by atoms with Gasteiger partial charge in [-0.1, -0.05) is 25.1 Å². The summed E-state index contributed by atoms with van der Waals surface area (Å²) < 4.78 is 13.4. The van der Waals surface area contributed by atoms with Gasteiger partial charge in [0.15, 0.2) is 0 Å². The predicted octanol–water partition coefficient (Wildman–Crippen LogP) is 3.21. The maximum absolute atomic E-state index is 12.9. The molecule has 0 saturated carbocycles. The van der Waals surface area contributed by atoms with Crippen LogP contribution >= 0.6 is 15.9 Å². The predicted molar refractivity (Wildman–Crippen MR) is 61.7 cm³/mol. The first-order valence-corrected chi connectivity index (χ1v) is 5.35. The van der Waals surface area contributed by atoms with Gasteiger partial charge >= 0.3 is 0 Å². The van der Waals surface area contributed by atoms with Gasteiger partial charge in [0.25, 0.3) is 0 Å². The summed E-state index contributed by atoms with van der Waals surface area (Å²) in [5.74, 6) is -0.228. The van der Waals surface area contributed by atoms with Gasteiger partial charge < -0.3 is 5.32 Å². The van der Waals surface area contributed by atoms with Crippen molar-refractivity contribution in [3.05, 3.63) is 40.1 Å². The van der Waals surface area contributed by atoms with Crippen LogP contribution < -0.4 is 5.32 Å². The Morgan fingerprint density at radius 2 is 2.29 bits per heavy atom. The zero-order chi connectivity index (χ0) is 10.4. The standard InChI is InChI=1S/C11H13BrFN/c1-2-14-7-3-4-9-5-6-11(13)10(12)8-9/h3-6,8,14H,2,7H2,1H3. The topological polar surface area (TPSA) is 12.0 Å². The highest BCUT2D eigenvalue weighted by Crippen LogP contribution is 2.17. The first-order valence-electron chi connectivity index (χ1n) is 4.56. The van der Waals surface area contributed by atoms with Crippen molar-refractivity contribution in [2.45, 2.75) is 6.92 Å². The van der Waals surface area contributed by atoms with E-state index in [4.69, 9.17) is 0 Å². The lowest BCUT2D eigenvalue weighted by atomic mass is 10.2. The van der Waals surface area contributed by atoms with Gasteiger partial charge in [-0.05, 0) is 40.2 Å². The number of nitrogens with one attached hydrogen (secondary N) is 1. The van der Waals surface area contributed by atoms with Crippen LogP contribution in [0, 0.1) is 5.82 Å². The van der Waals surface area contributed by atoms with Crippen molar-refractivity contribution in [3.63, 3.8) is 0 Å². The fourth-order valence-corrected chi connectivity index (χ4v) is 1.44. The second-order valence-corrected chi connectivity index (χ2v) is 3.74. The average Bonchev–Trinajstić information content (AvgIpc) is 2.18. The van der Waals surface area contributed by atoms with E-state index in [2.05, 4.69) is 28.2 Å². The molecule has 0 radical (unpaired) electrons. The molecule has 76 valence electrons. The normalized spacial score (nSPS) is 11.1. The highest BCUT2D eigenvalue weighted by Gasteiger charge is 1.96. The molecule has 0 atom stereocenters. The molecule has 0 amide bonds. The Balaban J connectivity index is 2.59. The molecule has 0 bridgehead atoms. The molecule has 1 aromatic rings. The zero-order valence-corrected chi connectivity index (χ0v) is 9.64. The Morgan fingerprint density at radius 1 is 1.50 bits per heavy atom. The summed E-state index contributed by atoms with van der Waals surface area (Å²) in [6, 6.07) is 4.97. The van der Waals surface area contributed by atoms with Crippen molar-refractivity contribution in [2.24, 2.45) is 0 Å². The largest absolute Gasteiger partial charge is 0.314 e. The molecule has 0 unspecified atom stereocenters. The second-order valence-electron chi connectivity index (χ2n) is 2.88. The zero-order valence-electron chi connectivity index (χ0n) is 8.06. The first-order chi connectivity index (χ1) is 6.74. The van der Waals surface area contributed by atoms with Crippen LogP contribution in [0.25, 0.3) is 6.08 Å². The van der Waals surface area contributed by atoms with Crippen LogP contribution in [-0.2, 0) is 0 Å². The second kappa shape index (κ2) is 5.94. The van der Waals surface area contributed by atoms with Gasteiger partial charge in [-0.25, -0.2) is 4.39 Å². The Bertz CT molecular complexity index is 323. The van der Waals surface area contributed by atoms with Gasteiger partial charge in [0.05, 0.1) is 4.47 Å². The third-order valence-electron chi connectivity index (χ3n) is 1.77. The SMILES string of the molecule is CCNCC=Cc1ccc(F)c(Br)c1. The van der Waals surface area contributed by atoms with Crippen LogP contribution in [0.1, 0.15) is 12.5 Å². The molecular formula is C11H13BrFN. The van der Waals surface area contributed by atoms with Crippen LogP contribution in [-0.4, -0.2) is 13.1 Å². The van der Waals surface area contributed by atoms with Crippen molar-refractivity contribution < 1.29 is 4.39 Å². The van der Waals surface area contributed by atoms with E-state index in [9.17, 15) is 4.39 Å². The Kier molecular flexibility index (Phi) is 4.84. The quantitative estimate of drug-likeness (QED) is 0.818. The smallest absolute Gasteiger partial charge is 0.137 e. The van der Waals surface area contributed by atoms with Crippen molar-refractivity contribution in [1.29, 1.82) is 0 Å². The summed E-state index contributed by atoms with van der Waals surface area (Å²) in [7, 11) is 0. The van der Waals surface area contributed by atoms with Crippen LogP contribution in [0.2, 0.25) is 0 Å². The summed E-state index contributed by atoms with van der Waals surface area (Å²) in [6.45, 7) is 3.85. The molecule has 1 aromatic carbocycles. The van der Waals surface area contributed by atoms with Crippen molar-refractivity contribution in [2.75, 3.05) is 13.1 Å². The van der Waals surface area contributed by atoms with Gasteiger partial charge in [0.2, 0.25) is 0 Å². The molecule has 0 aliphatic heterocycles. The first kappa shape index (κ1) is 11.4. The van der Waals surface area contributed by atoms with Crippen LogP contribution in [0.3, 0.4) is 0 Å².